The van der Waals surface area contributed by atoms with Gasteiger partial charge in [-0.25, -0.2) is 0 Å². The van der Waals surface area contributed by atoms with E-state index in [4.69, 9.17) is 10.2 Å². The number of H-pyrrole nitrogens is 1. The van der Waals surface area contributed by atoms with Crippen LogP contribution in [0.2, 0.25) is 0 Å². The van der Waals surface area contributed by atoms with Gasteiger partial charge in [0.1, 0.15) is 17.1 Å². The Morgan fingerprint density at radius 1 is 1.28 bits per heavy atom. The van der Waals surface area contributed by atoms with Crippen molar-refractivity contribution in [2.45, 2.75) is 19.8 Å². The van der Waals surface area contributed by atoms with E-state index >= 15 is 0 Å². The van der Waals surface area contributed by atoms with Crippen LogP contribution >= 0.6 is 0 Å². The fraction of sp³-hybridized carbons (Fsp3) is 0.214. The first-order valence-corrected chi connectivity index (χ1v) is 5.99. The summed E-state index contributed by atoms with van der Waals surface area (Å²) in [6.07, 6.45) is 0. The van der Waals surface area contributed by atoms with Crippen molar-refractivity contribution in [1.29, 1.82) is 0 Å². The van der Waals surface area contributed by atoms with Crippen molar-refractivity contribution in [3.8, 4) is 11.5 Å². The maximum atomic E-state index is 5.89. The normalized spacial score (nSPS) is 11.5. The summed E-state index contributed by atoms with van der Waals surface area (Å²) in [6.45, 7) is 4.18. The minimum Gasteiger partial charge on any atom is -0.454 e. The molecular weight excluding hydrogens is 226 g/mol. The lowest BCUT2D eigenvalue weighted by molar-refractivity contribution is 0.626. The summed E-state index contributed by atoms with van der Waals surface area (Å²) in [5.74, 6) is 1.62. The lowest BCUT2D eigenvalue weighted by atomic mass is 10.0. The topological polar surface area (TPSA) is 67.8 Å². The molecule has 4 nitrogen and oxygen atoms in total. The van der Waals surface area contributed by atoms with Crippen molar-refractivity contribution in [2.24, 2.45) is 0 Å². The number of hydrogen-bond acceptors (Lipinski definition) is 3. The average molecular weight is 241 g/mol. The van der Waals surface area contributed by atoms with Crippen molar-refractivity contribution >= 4 is 16.8 Å². The fourth-order valence-electron chi connectivity index (χ4n) is 2.24. The van der Waals surface area contributed by atoms with Gasteiger partial charge in [0.2, 0.25) is 0 Å². The van der Waals surface area contributed by atoms with E-state index < -0.39 is 0 Å². The molecule has 0 bridgehead atoms. The van der Waals surface area contributed by atoms with E-state index in [1.165, 1.54) is 0 Å². The van der Waals surface area contributed by atoms with Gasteiger partial charge in [0.05, 0.1) is 0 Å². The number of nitrogens with one attached hydrogen (secondary N) is 1. The third kappa shape index (κ3) is 1.57. The van der Waals surface area contributed by atoms with E-state index in [1.807, 2.05) is 30.3 Å². The zero-order valence-corrected chi connectivity index (χ0v) is 10.4. The molecular formula is C14H15N3O. The highest BCUT2D eigenvalue weighted by atomic mass is 16.3. The van der Waals surface area contributed by atoms with E-state index in [-0.39, 0.29) is 0 Å². The number of nitrogen functional groups attached to an aromatic ring is 1. The van der Waals surface area contributed by atoms with Gasteiger partial charge < -0.3 is 10.2 Å². The lowest BCUT2D eigenvalue weighted by Gasteiger charge is -2.04. The van der Waals surface area contributed by atoms with Crippen LogP contribution in [0, 0.1) is 0 Å². The molecule has 2 heterocycles. The number of rotatable bonds is 2. The number of hydrogen-bond donors (Lipinski definition) is 2. The smallest absolute Gasteiger partial charge is 0.153 e. The zero-order valence-electron chi connectivity index (χ0n) is 10.4. The van der Waals surface area contributed by atoms with Gasteiger partial charge >= 0.3 is 0 Å². The Bertz CT molecular complexity index is 661. The molecule has 0 saturated carbocycles. The van der Waals surface area contributed by atoms with Crippen LogP contribution in [0.25, 0.3) is 22.4 Å². The first kappa shape index (κ1) is 10.9. The number of benzene rings is 1. The molecule has 3 rings (SSSR count). The number of anilines is 1. The van der Waals surface area contributed by atoms with Crippen LogP contribution in [0.15, 0.2) is 34.7 Å². The third-order valence-electron chi connectivity index (χ3n) is 3.08. The second kappa shape index (κ2) is 3.91. The zero-order chi connectivity index (χ0) is 12.7. The molecule has 3 aromatic rings. The van der Waals surface area contributed by atoms with Crippen LogP contribution < -0.4 is 5.73 Å². The number of para-hydroxylation sites is 1. The largest absolute Gasteiger partial charge is 0.454 e. The Balaban J connectivity index is 2.20. The molecule has 0 aliphatic carbocycles. The van der Waals surface area contributed by atoms with Crippen LogP contribution in [-0.2, 0) is 0 Å². The number of fused-ring (bicyclic) bond motifs is 1. The molecule has 0 saturated heterocycles. The number of aromatic amines is 1. The Hall–Kier alpha value is -2.23. The molecule has 0 atom stereocenters. The first-order chi connectivity index (χ1) is 8.66. The molecule has 2 aromatic heterocycles. The summed E-state index contributed by atoms with van der Waals surface area (Å²) in [7, 11) is 0. The van der Waals surface area contributed by atoms with Gasteiger partial charge in [-0.15, -0.1) is 0 Å². The van der Waals surface area contributed by atoms with Crippen LogP contribution in [0.1, 0.15) is 25.3 Å². The predicted molar refractivity (Wildman–Crippen MR) is 72.3 cm³/mol. The molecule has 4 heteroatoms. The van der Waals surface area contributed by atoms with Crippen molar-refractivity contribution in [3.63, 3.8) is 0 Å². The van der Waals surface area contributed by atoms with Gasteiger partial charge in [-0.05, 0) is 18.1 Å². The Morgan fingerprint density at radius 2 is 2.06 bits per heavy atom. The standard InChI is InChI=1S/C14H15N3O/c1-8(2)12-13(16-17-14(12)15)11-7-9-5-3-4-6-10(9)18-11/h3-8H,1-2H3,(H3,15,16,17). The van der Waals surface area contributed by atoms with Crippen molar-refractivity contribution in [2.75, 3.05) is 5.73 Å². The summed E-state index contributed by atoms with van der Waals surface area (Å²) in [5.41, 5.74) is 8.64. The molecule has 0 fully saturated rings. The number of nitrogens with two attached hydrogens (primary N) is 1. The summed E-state index contributed by atoms with van der Waals surface area (Å²) in [5, 5.41) is 8.12. The summed E-state index contributed by atoms with van der Waals surface area (Å²) in [4.78, 5) is 0. The molecule has 0 spiro atoms. The van der Waals surface area contributed by atoms with E-state index in [0.29, 0.717) is 11.7 Å². The van der Waals surface area contributed by atoms with E-state index in [9.17, 15) is 0 Å². The summed E-state index contributed by atoms with van der Waals surface area (Å²) >= 11 is 0. The highest BCUT2D eigenvalue weighted by Crippen LogP contribution is 2.34. The van der Waals surface area contributed by atoms with Gasteiger partial charge in [0, 0.05) is 10.9 Å². The van der Waals surface area contributed by atoms with E-state index in [2.05, 4.69) is 24.0 Å². The van der Waals surface area contributed by atoms with Crippen LogP contribution in [0.5, 0.6) is 0 Å². The monoisotopic (exact) mass is 241 g/mol. The van der Waals surface area contributed by atoms with Crippen LogP contribution in [0.4, 0.5) is 5.82 Å². The fourth-order valence-corrected chi connectivity index (χ4v) is 2.24. The highest BCUT2D eigenvalue weighted by Gasteiger charge is 2.18. The van der Waals surface area contributed by atoms with Gasteiger partial charge in [0.15, 0.2) is 5.76 Å². The van der Waals surface area contributed by atoms with Crippen molar-refractivity contribution < 1.29 is 4.42 Å². The van der Waals surface area contributed by atoms with Gasteiger partial charge in [0.25, 0.3) is 0 Å². The van der Waals surface area contributed by atoms with E-state index in [1.54, 1.807) is 0 Å². The number of aromatic nitrogens is 2. The molecule has 1 aromatic carbocycles. The molecule has 0 unspecified atom stereocenters. The second-order valence-corrected chi connectivity index (χ2v) is 4.70. The van der Waals surface area contributed by atoms with Crippen LogP contribution in [0.3, 0.4) is 0 Å². The second-order valence-electron chi connectivity index (χ2n) is 4.70. The highest BCUT2D eigenvalue weighted by molar-refractivity contribution is 5.83. The molecule has 0 amide bonds. The first-order valence-electron chi connectivity index (χ1n) is 5.99. The van der Waals surface area contributed by atoms with Crippen molar-refractivity contribution in [1.82, 2.24) is 10.2 Å². The molecule has 0 aliphatic rings. The maximum Gasteiger partial charge on any atom is 0.153 e. The molecule has 18 heavy (non-hydrogen) atoms. The van der Waals surface area contributed by atoms with Gasteiger partial charge in [-0.3, -0.25) is 5.10 Å². The SMILES string of the molecule is CC(C)c1c(N)n[nH]c1-c1cc2ccccc2o1. The summed E-state index contributed by atoms with van der Waals surface area (Å²) < 4.78 is 5.83. The quantitative estimate of drug-likeness (QED) is 0.721. The Labute approximate surface area is 105 Å². The molecule has 0 aliphatic heterocycles. The Kier molecular flexibility index (Phi) is 2.37. The lowest BCUT2D eigenvalue weighted by Crippen LogP contribution is -1.94. The minimum absolute atomic E-state index is 0.298. The molecule has 3 N–H and O–H groups in total. The van der Waals surface area contributed by atoms with Gasteiger partial charge in [-0.1, -0.05) is 32.0 Å². The average Bonchev–Trinajstić information content (AvgIpc) is 2.91. The Morgan fingerprint density at radius 3 is 2.78 bits per heavy atom. The third-order valence-corrected chi connectivity index (χ3v) is 3.08. The van der Waals surface area contributed by atoms with Crippen molar-refractivity contribution in [3.05, 3.63) is 35.9 Å². The van der Waals surface area contributed by atoms with Crippen LogP contribution in [-0.4, -0.2) is 10.2 Å². The summed E-state index contributed by atoms with van der Waals surface area (Å²) in [6, 6.07) is 9.94. The van der Waals surface area contributed by atoms with E-state index in [0.717, 1.165) is 28.0 Å². The molecule has 92 valence electrons. The van der Waals surface area contributed by atoms with Gasteiger partial charge in [-0.2, -0.15) is 5.10 Å². The maximum absolute atomic E-state index is 5.89. The number of furan rings is 1. The molecule has 0 radical (unpaired) electrons. The predicted octanol–water partition coefficient (Wildman–Crippen LogP) is 3.53. The minimum atomic E-state index is 0.298. The number of nitrogens with zero attached hydrogens (tertiary/aromatic N) is 1.